The Morgan fingerprint density at radius 3 is 3.04 bits per heavy atom. The Hall–Kier alpha value is -1.86. The highest BCUT2D eigenvalue weighted by molar-refractivity contribution is 7.80. The highest BCUT2D eigenvalue weighted by atomic mass is 32.1. The summed E-state index contributed by atoms with van der Waals surface area (Å²) in [5.74, 6) is 0.210. The van der Waals surface area contributed by atoms with Crippen molar-refractivity contribution in [1.29, 1.82) is 0 Å². The molecule has 0 saturated carbocycles. The van der Waals surface area contributed by atoms with Crippen molar-refractivity contribution in [2.75, 3.05) is 31.7 Å². The molecule has 1 fully saturated rings. The zero-order valence-electron chi connectivity index (χ0n) is 13.0. The third-order valence-electron chi connectivity index (χ3n) is 3.99. The Labute approximate surface area is 140 Å². The van der Waals surface area contributed by atoms with Gasteiger partial charge in [-0.1, -0.05) is 12.1 Å². The molecule has 124 valence electrons. The minimum atomic E-state index is -0.697. The van der Waals surface area contributed by atoms with Gasteiger partial charge in [0, 0.05) is 13.2 Å². The zero-order chi connectivity index (χ0) is 16.2. The van der Waals surface area contributed by atoms with Crippen LogP contribution in [0.3, 0.4) is 0 Å². The second-order valence-electron chi connectivity index (χ2n) is 5.53. The summed E-state index contributed by atoms with van der Waals surface area (Å²) in [6, 6.07) is 7.51. The number of hydrogen-bond donors (Lipinski definition) is 1. The normalized spacial score (nSPS) is 22.9. The number of carbonyl (C=O) groups excluding carboxylic acids is 1. The van der Waals surface area contributed by atoms with E-state index in [9.17, 15) is 4.79 Å². The van der Waals surface area contributed by atoms with E-state index in [1.165, 1.54) is 7.11 Å². The molecular weight excluding hydrogens is 316 g/mol. The minimum Gasteiger partial charge on any atom is -0.475 e. The quantitative estimate of drug-likeness (QED) is 0.663. The summed E-state index contributed by atoms with van der Waals surface area (Å²) in [7, 11) is 1.35. The summed E-state index contributed by atoms with van der Waals surface area (Å²) < 4.78 is 16.1. The molecule has 0 amide bonds. The molecule has 1 aromatic carbocycles. The molecule has 1 saturated heterocycles. The van der Waals surface area contributed by atoms with Crippen LogP contribution >= 0.6 is 12.2 Å². The molecule has 2 aliphatic rings. The van der Waals surface area contributed by atoms with E-state index in [0.29, 0.717) is 24.0 Å². The third kappa shape index (κ3) is 3.56. The molecule has 6 nitrogen and oxygen atoms in total. The lowest BCUT2D eigenvalue weighted by Gasteiger charge is -2.35. The van der Waals surface area contributed by atoms with Gasteiger partial charge in [-0.3, -0.25) is 0 Å². The number of ether oxygens (including phenoxy) is 3. The maximum atomic E-state index is 11.9. The Morgan fingerprint density at radius 1 is 1.48 bits per heavy atom. The Kier molecular flexibility index (Phi) is 4.97. The number of fused-ring (bicyclic) bond motifs is 1. The summed E-state index contributed by atoms with van der Waals surface area (Å²) in [6.45, 7) is 1.80. The van der Waals surface area contributed by atoms with Gasteiger partial charge in [-0.05, 0) is 37.2 Å². The molecule has 0 radical (unpaired) electrons. The number of nitrogens with one attached hydrogen (secondary N) is 1. The number of rotatable bonds is 3. The maximum absolute atomic E-state index is 11.9. The van der Waals surface area contributed by atoms with Crippen LogP contribution in [0.5, 0.6) is 5.75 Å². The van der Waals surface area contributed by atoms with Gasteiger partial charge in [0.05, 0.1) is 25.4 Å². The molecule has 3 rings (SSSR count). The van der Waals surface area contributed by atoms with Crippen molar-refractivity contribution in [3.05, 3.63) is 24.3 Å². The highest BCUT2D eigenvalue weighted by Gasteiger charge is 2.33. The molecule has 0 unspecified atom stereocenters. The minimum absolute atomic E-state index is 0.195. The van der Waals surface area contributed by atoms with Gasteiger partial charge in [0.2, 0.25) is 6.10 Å². The molecule has 2 aliphatic heterocycles. The van der Waals surface area contributed by atoms with Crippen molar-refractivity contribution in [2.45, 2.75) is 25.0 Å². The first-order valence-electron chi connectivity index (χ1n) is 7.69. The number of hydrogen-bond acceptors (Lipinski definition) is 5. The van der Waals surface area contributed by atoms with Crippen LogP contribution in [0.15, 0.2) is 24.3 Å². The zero-order valence-corrected chi connectivity index (χ0v) is 13.8. The van der Waals surface area contributed by atoms with Gasteiger partial charge >= 0.3 is 5.97 Å². The second-order valence-corrected chi connectivity index (χ2v) is 5.92. The van der Waals surface area contributed by atoms with E-state index >= 15 is 0 Å². The highest BCUT2D eigenvalue weighted by Crippen LogP contribution is 2.33. The fraction of sp³-hybridized carbons (Fsp3) is 0.500. The van der Waals surface area contributed by atoms with Crippen LogP contribution in [-0.4, -0.2) is 50.1 Å². The van der Waals surface area contributed by atoms with Gasteiger partial charge in [-0.15, -0.1) is 0 Å². The monoisotopic (exact) mass is 336 g/mol. The topological polar surface area (TPSA) is 60.0 Å². The standard InChI is InChI=1S/C16H20N2O4S/c1-20-15(19)14-10-18(12-6-2-3-7-13(12)22-14)16(23)17-9-11-5-4-8-21-11/h2-3,6-7,11,14H,4-5,8-10H2,1H3,(H,17,23)/t11-,14-/m0/s1. The van der Waals surface area contributed by atoms with Crippen LogP contribution in [0.4, 0.5) is 5.69 Å². The van der Waals surface area contributed by atoms with E-state index in [-0.39, 0.29) is 6.10 Å². The van der Waals surface area contributed by atoms with Crippen LogP contribution in [-0.2, 0) is 14.3 Å². The first kappa shape index (κ1) is 16.0. The number of esters is 1. The fourth-order valence-electron chi connectivity index (χ4n) is 2.78. The Morgan fingerprint density at radius 2 is 2.30 bits per heavy atom. The van der Waals surface area contributed by atoms with Crippen molar-refractivity contribution < 1.29 is 19.0 Å². The van der Waals surface area contributed by atoms with Crippen LogP contribution in [0.1, 0.15) is 12.8 Å². The van der Waals surface area contributed by atoms with Gasteiger partial charge in [-0.2, -0.15) is 0 Å². The smallest absolute Gasteiger partial charge is 0.348 e. The number of benzene rings is 1. The van der Waals surface area contributed by atoms with E-state index in [1.54, 1.807) is 0 Å². The van der Waals surface area contributed by atoms with Gasteiger partial charge in [-0.25, -0.2) is 4.79 Å². The second kappa shape index (κ2) is 7.14. The van der Waals surface area contributed by atoms with Gasteiger partial charge < -0.3 is 24.4 Å². The average Bonchev–Trinajstić information content (AvgIpc) is 3.11. The van der Waals surface area contributed by atoms with E-state index in [2.05, 4.69) is 5.32 Å². The molecule has 1 N–H and O–H groups in total. The molecule has 1 aromatic rings. The molecular formula is C16H20N2O4S. The SMILES string of the molecule is COC(=O)[C@@H]1CN(C(=S)NC[C@@H]2CCCO2)c2ccccc2O1. The van der Waals surface area contributed by atoms with E-state index in [0.717, 1.165) is 25.1 Å². The van der Waals surface area contributed by atoms with Crippen molar-refractivity contribution in [3.63, 3.8) is 0 Å². The number of para-hydroxylation sites is 2. The summed E-state index contributed by atoms with van der Waals surface area (Å²) in [4.78, 5) is 13.7. The Balaban J connectivity index is 1.73. The number of methoxy groups -OCH3 is 1. The number of carbonyl (C=O) groups is 1. The predicted octanol–water partition coefficient (Wildman–Crippen LogP) is 1.48. The average molecular weight is 336 g/mol. The largest absolute Gasteiger partial charge is 0.475 e. The lowest BCUT2D eigenvalue weighted by Crippen LogP contribution is -2.51. The van der Waals surface area contributed by atoms with Crippen LogP contribution < -0.4 is 15.0 Å². The predicted molar refractivity (Wildman–Crippen MR) is 89.8 cm³/mol. The van der Waals surface area contributed by atoms with Crippen LogP contribution in [0.25, 0.3) is 0 Å². The first-order valence-corrected chi connectivity index (χ1v) is 8.10. The fourth-order valence-corrected chi connectivity index (χ4v) is 3.04. The van der Waals surface area contributed by atoms with Crippen molar-refractivity contribution in [3.8, 4) is 5.75 Å². The number of anilines is 1. The molecule has 7 heteroatoms. The van der Waals surface area contributed by atoms with Gasteiger partial charge in [0.15, 0.2) is 5.11 Å². The van der Waals surface area contributed by atoms with E-state index in [4.69, 9.17) is 26.4 Å². The van der Waals surface area contributed by atoms with Gasteiger partial charge in [0.25, 0.3) is 0 Å². The van der Waals surface area contributed by atoms with Crippen molar-refractivity contribution >= 4 is 29.0 Å². The van der Waals surface area contributed by atoms with E-state index in [1.807, 2.05) is 29.2 Å². The molecule has 0 aliphatic carbocycles. The van der Waals surface area contributed by atoms with Crippen LogP contribution in [0, 0.1) is 0 Å². The molecule has 0 spiro atoms. The lowest BCUT2D eigenvalue weighted by atomic mass is 10.2. The Bertz CT molecular complexity index is 589. The molecule has 0 bridgehead atoms. The summed E-state index contributed by atoms with van der Waals surface area (Å²) in [5, 5.41) is 3.80. The number of thiocarbonyl (C=S) groups is 1. The van der Waals surface area contributed by atoms with Gasteiger partial charge in [0.1, 0.15) is 5.75 Å². The lowest BCUT2D eigenvalue weighted by molar-refractivity contribution is -0.148. The molecule has 2 atom stereocenters. The molecule has 2 heterocycles. The summed E-state index contributed by atoms with van der Waals surface area (Å²) in [5.41, 5.74) is 0.845. The van der Waals surface area contributed by atoms with Crippen molar-refractivity contribution in [1.82, 2.24) is 5.32 Å². The van der Waals surface area contributed by atoms with E-state index < -0.39 is 12.1 Å². The summed E-state index contributed by atoms with van der Waals surface area (Å²) in [6.07, 6.45) is 1.63. The third-order valence-corrected chi connectivity index (χ3v) is 4.35. The molecule has 0 aromatic heterocycles. The van der Waals surface area contributed by atoms with Crippen LogP contribution in [0.2, 0.25) is 0 Å². The summed E-state index contributed by atoms with van der Waals surface area (Å²) >= 11 is 5.51. The maximum Gasteiger partial charge on any atom is 0.348 e. The van der Waals surface area contributed by atoms with Crippen molar-refractivity contribution in [2.24, 2.45) is 0 Å². The molecule has 23 heavy (non-hydrogen) atoms. The first-order chi connectivity index (χ1) is 11.2. The number of nitrogens with zero attached hydrogens (tertiary/aromatic N) is 1.